The smallest absolute Gasteiger partial charge is 0.355 e. The summed E-state index contributed by atoms with van der Waals surface area (Å²) in [6.45, 7) is 2.44. The molecule has 1 atom stereocenters. The topological polar surface area (TPSA) is 30.9 Å². The molecule has 1 fully saturated rings. The van der Waals surface area contributed by atoms with E-state index >= 15 is 0 Å². The molecule has 0 radical (unpaired) electrons. The molecule has 1 unspecified atom stereocenters. The first-order valence-corrected chi connectivity index (χ1v) is 8.09. The van der Waals surface area contributed by atoms with Gasteiger partial charge in [0.05, 0.1) is 5.56 Å². The highest BCUT2D eigenvalue weighted by Gasteiger charge is 2.30. The molecule has 0 bridgehead atoms. The van der Waals surface area contributed by atoms with E-state index in [2.05, 4.69) is 22.3 Å². The van der Waals surface area contributed by atoms with Crippen molar-refractivity contribution in [1.29, 1.82) is 0 Å². The SMILES string of the molecule is CN=C(NCC1CCCN1C)N(C)Cc1ccc(C(F)(F)F)cc1.I. The normalized spacial score (nSPS) is 18.8. The van der Waals surface area contributed by atoms with E-state index in [1.165, 1.54) is 25.0 Å². The number of hydrogen-bond acceptors (Lipinski definition) is 2. The number of nitrogens with one attached hydrogen (secondary N) is 1. The molecule has 4 nitrogen and oxygen atoms in total. The molecule has 1 aliphatic rings. The highest BCUT2D eigenvalue weighted by molar-refractivity contribution is 14.0. The third kappa shape index (κ3) is 6.32. The van der Waals surface area contributed by atoms with Gasteiger partial charge < -0.3 is 15.1 Å². The number of halogens is 4. The summed E-state index contributed by atoms with van der Waals surface area (Å²) in [5.74, 6) is 0.746. The van der Waals surface area contributed by atoms with Gasteiger partial charge in [-0.3, -0.25) is 4.99 Å². The number of rotatable bonds is 4. The predicted octanol–water partition coefficient (Wildman–Crippen LogP) is 3.42. The quantitative estimate of drug-likeness (QED) is 0.416. The van der Waals surface area contributed by atoms with Crippen LogP contribution in [-0.2, 0) is 12.7 Å². The Kier molecular flexibility index (Phi) is 8.46. The van der Waals surface area contributed by atoms with E-state index in [9.17, 15) is 13.2 Å². The van der Waals surface area contributed by atoms with Crippen LogP contribution in [0.4, 0.5) is 13.2 Å². The molecule has 8 heteroatoms. The zero-order valence-corrected chi connectivity index (χ0v) is 17.1. The number of nitrogens with zero attached hydrogens (tertiary/aromatic N) is 3. The van der Waals surface area contributed by atoms with Gasteiger partial charge in [0, 0.05) is 33.2 Å². The lowest BCUT2D eigenvalue weighted by atomic mass is 10.1. The van der Waals surface area contributed by atoms with E-state index in [-0.39, 0.29) is 24.0 Å². The second-order valence-corrected chi connectivity index (χ2v) is 6.26. The average molecular weight is 470 g/mol. The van der Waals surface area contributed by atoms with Crippen LogP contribution in [0, 0.1) is 0 Å². The van der Waals surface area contributed by atoms with Crippen LogP contribution in [0.1, 0.15) is 24.0 Å². The summed E-state index contributed by atoms with van der Waals surface area (Å²) in [6.07, 6.45) is -1.92. The van der Waals surface area contributed by atoms with Crippen molar-refractivity contribution in [3.63, 3.8) is 0 Å². The summed E-state index contributed by atoms with van der Waals surface area (Å²) < 4.78 is 37.8. The molecule has 1 aliphatic heterocycles. The summed E-state index contributed by atoms with van der Waals surface area (Å²) in [7, 11) is 5.71. The van der Waals surface area contributed by atoms with Gasteiger partial charge in [0.2, 0.25) is 0 Å². The molecule has 1 N–H and O–H groups in total. The number of aliphatic imine (C=N–C) groups is 1. The van der Waals surface area contributed by atoms with Crippen molar-refractivity contribution < 1.29 is 13.2 Å². The molecule has 0 aromatic heterocycles. The standard InChI is InChI=1S/C17H25F3N4.HI/c1-21-16(22-11-15-5-4-10-23(15)2)24(3)12-13-6-8-14(9-7-13)17(18,19)20;/h6-9,15H,4-5,10-12H2,1-3H3,(H,21,22);1H. The molecule has 142 valence electrons. The zero-order valence-electron chi connectivity index (χ0n) is 14.8. The van der Waals surface area contributed by atoms with Crippen molar-refractivity contribution in [3.8, 4) is 0 Å². The lowest BCUT2D eigenvalue weighted by Crippen LogP contribution is -2.44. The van der Waals surface area contributed by atoms with Crippen molar-refractivity contribution in [1.82, 2.24) is 15.1 Å². The van der Waals surface area contributed by atoms with Crippen LogP contribution in [0.2, 0.25) is 0 Å². The van der Waals surface area contributed by atoms with Gasteiger partial charge in [-0.05, 0) is 44.1 Å². The number of likely N-dealkylation sites (tertiary alicyclic amines) is 1. The Morgan fingerprint density at radius 3 is 2.44 bits per heavy atom. The molecule has 1 aromatic carbocycles. The van der Waals surface area contributed by atoms with Gasteiger partial charge in [0.15, 0.2) is 5.96 Å². The molecule has 0 saturated carbocycles. The fraction of sp³-hybridized carbons (Fsp3) is 0.588. The predicted molar refractivity (Wildman–Crippen MR) is 105 cm³/mol. The molecule has 1 heterocycles. The number of hydrogen-bond donors (Lipinski definition) is 1. The highest BCUT2D eigenvalue weighted by atomic mass is 127. The first kappa shape index (κ1) is 22.0. The number of alkyl halides is 3. The number of likely N-dealkylation sites (N-methyl/N-ethyl adjacent to an activating group) is 1. The average Bonchev–Trinajstić information content (AvgIpc) is 2.93. The minimum absolute atomic E-state index is 0. The Morgan fingerprint density at radius 1 is 1.32 bits per heavy atom. The second kappa shape index (κ2) is 9.61. The summed E-state index contributed by atoms with van der Waals surface area (Å²) in [6, 6.07) is 5.76. The summed E-state index contributed by atoms with van der Waals surface area (Å²) >= 11 is 0. The van der Waals surface area contributed by atoms with Gasteiger partial charge in [0.1, 0.15) is 0 Å². The van der Waals surface area contributed by atoms with Crippen LogP contribution in [-0.4, -0.2) is 56.0 Å². The van der Waals surface area contributed by atoms with E-state index < -0.39 is 11.7 Å². The monoisotopic (exact) mass is 470 g/mol. The van der Waals surface area contributed by atoms with Gasteiger partial charge in [-0.1, -0.05) is 12.1 Å². The maximum Gasteiger partial charge on any atom is 0.416 e. The molecule has 1 saturated heterocycles. The molecule has 0 aliphatic carbocycles. The molecule has 0 spiro atoms. The second-order valence-electron chi connectivity index (χ2n) is 6.26. The Morgan fingerprint density at radius 2 is 1.96 bits per heavy atom. The Bertz CT molecular complexity index is 560. The van der Waals surface area contributed by atoms with Gasteiger partial charge in [-0.25, -0.2) is 0 Å². The molecule has 25 heavy (non-hydrogen) atoms. The highest BCUT2D eigenvalue weighted by Crippen LogP contribution is 2.29. The van der Waals surface area contributed by atoms with E-state index in [1.807, 2.05) is 11.9 Å². The lowest BCUT2D eigenvalue weighted by Gasteiger charge is -2.26. The maximum atomic E-state index is 12.6. The van der Waals surface area contributed by atoms with Crippen LogP contribution in [0.15, 0.2) is 29.3 Å². The number of guanidine groups is 1. The third-order valence-corrected chi connectivity index (χ3v) is 4.44. The molecular weight excluding hydrogens is 444 g/mol. The fourth-order valence-corrected chi connectivity index (χ4v) is 2.98. The summed E-state index contributed by atoms with van der Waals surface area (Å²) in [4.78, 5) is 8.50. The van der Waals surface area contributed by atoms with Crippen LogP contribution >= 0.6 is 24.0 Å². The van der Waals surface area contributed by atoms with Crippen LogP contribution < -0.4 is 5.32 Å². The first-order chi connectivity index (χ1) is 11.3. The van der Waals surface area contributed by atoms with Crippen molar-refractivity contribution in [2.24, 2.45) is 4.99 Å². The van der Waals surface area contributed by atoms with Crippen LogP contribution in [0.3, 0.4) is 0 Å². The lowest BCUT2D eigenvalue weighted by molar-refractivity contribution is -0.137. The van der Waals surface area contributed by atoms with Crippen molar-refractivity contribution >= 4 is 29.9 Å². The fourth-order valence-electron chi connectivity index (χ4n) is 2.98. The Labute approximate surface area is 164 Å². The van der Waals surface area contributed by atoms with Gasteiger partial charge >= 0.3 is 6.18 Å². The van der Waals surface area contributed by atoms with Gasteiger partial charge in [-0.15, -0.1) is 24.0 Å². The third-order valence-electron chi connectivity index (χ3n) is 4.44. The van der Waals surface area contributed by atoms with E-state index in [0.717, 1.165) is 36.7 Å². The summed E-state index contributed by atoms with van der Waals surface area (Å²) in [5.41, 5.74) is 0.187. The van der Waals surface area contributed by atoms with Crippen LogP contribution in [0.5, 0.6) is 0 Å². The molecular formula is C17H26F3IN4. The van der Waals surface area contributed by atoms with Crippen molar-refractivity contribution in [3.05, 3.63) is 35.4 Å². The molecule has 1 aromatic rings. The van der Waals surface area contributed by atoms with Crippen LogP contribution in [0.25, 0.3) is 0 Å². The number of benzene rings is 1. The Hall–Kier alpha value is -1.03. The summed E-state index contributed by atoms with van der Waals surface area (Å²) in [5, 5.41) is 3.35. The Balaban J connectivity index is 0.00000312. The van der Waals surface area contributed by atoms with Gasteiger partial charge in [0.25, 0.3) is 0 Å². The van der Waals surface area contributed by atoms with E-state index in [0.29, 0.717) is 12.6 Å². The zero-order chi connectivity index (χ0) is 17.7. The van der Waals surface area contributed by atoms with Gasteiger partial charge in [-0.2, -0.15) is 13.2 Å². The minimum Gasteiger partial charge on any atom is -0.355 e. The molecule has 0 amide bonds. The maximum absolute atomic E-state index is 12.6. The minimum atomic E-state index is -4.30. The first-order valence-electron chi connectivity index (χ1n) is 8.09. The van der Waals surface area contributed by atoms with E-state index in [4.69, 9.17) is 0 Å². The largest absolute Gasteiger partial charge is 0.416 e. The van der Waals surface area contributed by atoms with E-state index in [1.54, 1.807) is 7.05 Å². The molecule has 2 rings (SSSR count). The van der Waals surface area contributed by atoms with Crippen molar-refractivity contribution in [2.75, 3.05) is 34.2 Å². The van der Waals surface area contributed by atoms with Crippen molar-refractivity contribution in [2.45, 2.75) is 31.6 Å².